The van der Waals surface area contributed by atoms with Gasteiger partial charge in [0.1, 0.15) is 17.7 Å². The van der Waals surface area contributed by atoms with Gasteiger partial charge in [0.25, 0.3) is 0 Å². The number of allylic oxidation sites excluding steroid dienone is 2. The lowest BCUT2D eigenvalue weighted by Crippen LogP contribution is -2.16. The Kier molecular flexibility index (Phi) is 6.62. The Morgan fingerprint density at radius 2 is 1.72 bits per heavy atom. The highest BCUT2D eigenvalue weighted by Gasteiger charge is 2.14. The molecule has 2 heterocycles. The van der Waals surface area contributed by atoms with Crippen LogP contribution in [0.2, 0.25) is 0 Å². The van der Waals surface area contributed by atoms with E-state index in [0.717, 1.165) is 17.4 Å². The number of rotatable bonds is 5. The van der Waals surface area contributed by atoms with E-state index >= 15 is 0 Å². The van der Waals surface area contributed by atoms with Crippen LogP contribution in [0, 0.1) is 22.7 Å². The Labute approximate surface area is 154 Å². The molecule has 0 fully saturated rings. The van der Waals surface area contributed by atoms with Gasteiger partial charge in [-0.2, -0.15) is 10.5 Å². The van der Waals surface area contributed by atoms with Gasteiger partial charge in [-0.05, 0) is 49.5 Å². The Hall–Kier alpha value is -2.30. The van der Waals surface area contributed by atoms with Gasteiger partial charge in [0.15, 0.2) is 0 Å². The van der Waals surface area contributed by atoms with Gasteiger partial charge in [0.05, 0.1) is 4.53 Å². The lowest BCUT2D eigenvalue weighted by atomic mass is 9.97. The van der Waals surface area contributed by atoms with Crippen LogP contribution < -0.4 is 9.06 Å². The van der Waals surface area contributed by atoms with Crippen molar-refractivity contribution < 1.29 is 0 Å². The number of hydrogen-bond acceptors (Lipinski definition) is 4. The summed E-state index contributed by atoms with van der Waals surface area (Å²) in [5, 5.41) is 18.5. The molecular formula is C21H25N3S. The van der Waals surface area contributed by atoms with Gasteiger partial charge in [0, 0.05) is 29.6 Å². The Balaban J connectivity index is 2.64. The molecule has 130 valence electrons. The second-order valence-electron chi connectivity index (χ2n) is 6.54. The average Bonchev–Trinajstić information content (AvgIpc) is 2.95. The highest BCUT2D eigenvalue weighted by atomic mass is 32.1. The zero-order valence-electron chi connectivity index (χ0n) is 15.5. The topological polar surface area (TPSA) is 50.8 Å². The SMILES string of the molecule is CCCCCCc1cc(=C(C#N)C#N)sc1=C1C(C)=CN(C)C=C1C. The molecule has 4 heteroatoms. The fourth-order valence-electron chi connectivity index (χ4n) is 3.27. The monoisotopic (exact) mass is 351 g/mol. The molecule has 0 amide bonds. The minimum Gasteiger partial charge on any atom is -0.357 e. The molecule has 1 aliphatic rings. The summed E-state index contributed by atoms with van der Waals surface area (Å²) < 4.78 is 2.00. The summed E-state index contributed by atoms with van der Waals surface area (Å²) in [7, 11) is 2.03. The summed E-state index contributed by atoms with van der Waals surface area (Å²) in [6.07, 6.45) is 10.1. The average molecular weight is 352 g/mol. The van der Waals surface area contributed by atoms with E-state index in [9.17, 15) is 10.5 Å². The van der Waals surface area contributed by atoms with Gasteiger partial charge in [-0.1, -0.05) is 26.2 Å². The second kappa shape index (κ2) is 8.70. The number of unbranched alkanes of at least 4 members (excludes halogenated alkanes) is 3. The van der Waals surface area contributed by atoms with Crippen molar-refractivity contribution >= 4 is 22.5 Å². The summed E-state index contributed by atoms with van der Waals surface area (Å²) in [5.41, 5.74) is 5.17. The van der Waals surface area contributed by atoms with Crippen LogP contribution >= 0.6 is 11.3 Å². The van der Waals surface area contributed by atoms with Crippen LogP contribution in [0.4, 0.5) is 0 Å². The fraction of sp³-hybridized carbons (Fsp3) is 0.429. The number of aryl methyl sites for hydroxylation is 1. The van der Waals surface area contributed by atoms with E-state index in [1.165, 1.54) is 46.1 Å². The molecule has 0 saturated heterocycles. The second-order valence-corrected chi connectivity index (χ2v) is 7.59. The quantitative estimate of drug-likeness (QED) is 0.754. The molecule has 0 bridgehead atoms. The minimum absolute atomic E-state index is 0.211. The summed E-state index contributed by atoms with van der Waals surface area (Å²) >= 11 is 1.58. The Morgan fingerprint density at radius 1 is 1.08 bits per heavy atom. The maximum atomic E-state index is 9.24. The van der Waals surface area contributed by atoms with E-state index in [0.29, 0.717) is 0 Å². The Morgan fingerprint density at radius 3 is 2.28 bits per heavy atom. The van der Waals surface area contributed by atoms with E-state index in [2.05, 4.69) is 44.1 Å². The molecule has 2 rings (SSSR count). The molecule has 0 unspecified atom stereocenters. The summed E-state index contributed by atoms with van der Waals surface area (Å²) in [4.78, 5) is 2.08. The third-order valence-corrected chi connectivity index (χ3v) is 5.60. The zero-order chi connectivity index (χ0) is 18.4. The summed E-state index contributed by atoms with van der Waals surface area (Å²) in [6, 6.07) is 6.13. The van der Waals surface area contributed by atoms with E-state index in [1.807, 2.05) is 19.2 Å². The standard InChI is InChI=1S/C21H25N3S/c1-5-6-7-8-9-17-10-19(18(11-22)12-23)25-21(17)20-15(2)13-24(4)14-16(20)3/h10,13-14H,5-9H2,1-4H3. The molecule has 0 aromatic carbocycles. The molecule has 0 aliphatic carbocycles. The first-order valence-corrected chi connectivity index (χ1v) is 9.60. The van der Waals surface area contributed by atoms with Gasteiger partial charge >= 0.3 is 0 Å². The lowest BCUT2D eigenvalue weighted by molar-refractivity contribution is 0.611. The molecule has 1 aromatic heterocycles. The van der Waals surface area contributed by atoms with Crippen molar-refractivity contribution in [2.45, 2.75) is 52.9 Å². The first kappa shape index (κ1) is 19.0. The molecule has 0 radical (unpaired) electrons. The molecule has 0 saturated carbocycles. The van der Waals surface area contributed by atoms with Crippen molar-refractivity contribution in [3.8, 4) is 12.1 Å². The Bertz CT molecular complexity index is 862. The van der Waals surface area contributed by atoms with Crippen LogP contribution in [0.5, 0.6) is 0 Å². The number of hydrogen-bond donors (Lipinski definition) is 0. The third-order valence-electron chi connectivity index (χ3n) is 4.39. The summed E-state index contributed by atoms with van der Waals surface area (Å²) in [5.74, 6) is 0. The largest absolute Gasteiger partial charge is 0.357 e. The third kappa shape index (κ3) is 4.41. The maximum absolute atomic E-state index is 9.24. The van der Waals surface area contributed by atoms with Crippen LogP contribution in [-0.2, 0) is 6.42 Å². The first-order chi connectivity index (χ1) is 12.0. The van der Waals surface area contributed by atoms with Crippen molar-refractivity contribution in [3.05, 3.63) is 44.2 Å². The highest BCUT2D eigenvalue weighted by Crippen LogP contribution is 2.25. The molecule has 1 aromatic rings. The number of thiophene rings is 1. The van der Waals surface area contributed by atoms with Gasteiger partial charge in [-0.15, -0.1) is 11.3 Å². The predicted octanol–water partition coefficient (Wildman–Crippen LogP) is 3.97. The van der Waals surface area contributed by atoms with Gasteiger partial charge in [0.2, 0.25) is 0 Å². The molecular weight excluding hydrogens is 326 g/mol. The highest BCUT2D eigenvalue weighted by molar-refractivity contribution is 7.08. The van der Waals surface area contributed by atoms with Crippen LogP contribution in [-0.4, -0.2) is 11.9 Å². The van der Waals surface area contributed by atoms with Gasteiger partial charge < -0.3 is 4.90 Å². The van der Waals surface area contributed by atoms with Crippen LogP contribution in [0.1, 0.15) is 52.0 Å². The lowest BCUT2D eigenvalue weighted by Gasteiger charge is -2.21. The molecule has 3 nitrogen and oxygen atoms in total. The van der Waals surface area contributed by atoms with Gasteiger partial charge in [-0.3, -0.25) is 0 Å². The molecule has 25 heavy (non-hydrogen) atoms. The van der Waals surface area contributed by atoms with Crippen molar-refractivity contribution in [2.75, 3.05) is 7.05 Å². The van der Waals surface area contributed by atoms with Crippen molar-refractivity contribution in [3.63, 3.8) is 0 Å². The number of nitrogens with zero attached hydrogens (tertiary/aromatic N) is 3. The molecule has 0 N–H and O–H groups in total. The maximum Gasteiger partial charge on any atom is 0.146 e. The first-order valence-electron chi connectivity index (χ1n) is 8.78. The summed E-state index contributed by atoms with van der Waals surface area (Å²) in [6.45, 7) is 6.47. The van der Waals surface area contributed by atoms with Gasteiger partial charge in [-0.25, -0.2) is 0 Å². The van der Waals surface area contributed by atoms with Crippen molar-refractivity contribution in [2.24, 2.45) is 0 Å². The van der Waals surface area contributed by atoms with E-state index in [-0.39, 0.29) is 5.57 Å². The minimum atomic E-state index is 0.211. The van der Waals surface area contributed by atoms with Crippen molar-refractivity contribution in [1.29, 1.82) is 10.5 Å². The van der Waals surface area contributed by atoms with E-state index in [1.54, 1.807) is 11.3 Å². The van der Waals surface area contributed by atoms with E-state index < -0.39 is 0 Å². The molecule has 0 spiro atoms. The predicted molar refractivity (Wildman–Crippen MR) is 105 cm³/mol. The fourth-order valence-corrected chi connectivity index (χ4v) is 4.60. The zero-order valence-corrected chi connectivity index (χ0v) is 16.3. The van der Waals surface area contributed by atoms with Crippen LogP contribution in [0.15, 0.2) is 29.6 Å². The number of nitriles is 2. The molecule has 0 atom stereocenters. The normalized spacial score (nSPS) is 13.8. The van der Waals surface area contributed by atoms with Crippen LogP contribution in [0.25, 0.3) is 11.1 Å². The van der Waals surface area contributed by atoms with Crippen LogP contribution in [0.3, 0.4) is 0 Å². The van der Waals surface area contributed by atoms with E-state index in [4.69, 9.17) is 0 Å². The van der Waals surface area contributed by atoms with Crippen molar-refractivity contribution in [1.82, 2.24) is 4.90 Å². The molecule has 1 aliphatic heterocycles. The smallest absolute Gasteiger partial charge is 0.146 e.